The molecular weight excluding hydrogens is 242 g/mol. The highest BCUT2D eigenvalue weighted by Crippen LogP contribution is 2.20. The van der Waals surface area contributed by atoms with Crippen molar-refractivity contribution in [1.29, 1.82) is 0 Å². The number of hydrogen-bond donors (Lipinski definition) is 1. The molecule has 6 heteroatoms. The Morgan fingerprint density at radius 1 is 1.24 bits per heavy atom. The Labute approximate surface area is 104 Å². The van der Waals surface area contributed by atoms with Crippen LogP contribution in [0.15, 0.2) is 24.3 Å². The lowest BCUT2D eigenvalue weighted by atomic mass is 10.1. The SMILES string of the molecule is COC(OC)C(NS(=O)[O-])c1ccc(C)cc1. The van der Waals surface area contributed by atoms with Gasteiger partial charge in [-0.15, -0.1) is 0 Å². The first kappa shape index (κ1) is 14.3. The molecule has 0 fully saturated rings. The number of rotatable bonds is 6. The molecule has 0 saturated heterocycles. The molecular formula is C11H16NO4S-. The van der Waals surface area contributed by atoms with E-state index in [0.717, 1.165) is 11.1 Å². The molecule has 0 amide bonds. The number of aryl methyl sites for hydroxylation is 1. The molecule has 96 valence electrons. The summed E-state index contributed by atoms with van der Waals surface area (Å²) in [7, 11) is 2.93. The van der Waals surface area contributed by atoms with E-state index >= 15 is 0 Å². The summed E-state index contributed by atoms with van der Waals surface area (Å²) < 4.78 is 34.1. The van der Waals surface area contributed by atoms with E-state index in [0.29, 0.717) is 0 Å². The predicted molar refractivity (Wildman–Crippen MR) is 63.8 cm³/mol. The molecule has 0 bridgehead atoms. The van der Waals surface area contributed by atoms with Gasteiger partial charge in [0.15, 0.2) is 6.29 Å². The standard InChI is InChI=1S/C11H17NO4S/c1-8-4-6-9(7-5-8)10(12-17(13)14)11(15-2)16-3/h4-7,10-12H,1-3H3,(H,13,14)/p-1. The average molecular weight is 258 g/mol. The fraction of sp³-hybridized carbons (Fsp3) is 0.455. The van der Waals surface area contributed by atoms with Crippen LogP contribution in [0, 0.1) is 6.92 Å². The van der Waals surface area contributed by atoms with Crippen LogP contribution in [0.4, 0.5) is 0 Å². The van der Waals surface area contributed by atoms with Crippen LogP contribution in [0.1, 0.15) is 17.2 Å². The van der Waals surface area contributed by atoms with E-state index in [1.54, 1.807) is 0 Å². The van der Waals surface area contributed by atoms with Crippen molar-refractivity contribution in [3.05, 3.63) is 35.4 Å². The van der Waals surface area contributed by atoms with E-state index in [9.17, 15) is 8.76 Å². The molecule has 1 N–H and O–H groups in total. The van der Waals surface area contributed by atoms with Crippen LogP contribution in [0.5, 0.6) is 0 Å². The minimum atomic E-state index is -2.39. The molecule has 0 saturated carbocycles. The molecule has 0 aliphatic rings. The Bertz CT molecular complexity index is 364. The lowest BCUT2D eigenvalue weighted by Crippen LogP contribution is -2.35. The van der Waals surface area contributed by atoms with E-state index in [4.69, 9.17) is 9.47 Å². The number of methoxy groups -OCH3 is 2. The molecule has 1 aromatic carbocycles. The van der Waals surface area contributed by atoms with Gasteiger partial charge in [-0.3, -0.25) is 4.21 Å². The van der Waals surface area contributed by atoms with Crippen LogP contribution in [0.2, 0.25) is 0 Å². The predicted octanol–water partition coefficient (Wildman–Crippen LogP) is 1.04. The quantitative estimate of drug-likeness (QED) is 0.611. The third-order valence-electron chi connectivity index (χ3n) is 2.40. The summed E-state index contributed by atoms with van der Waals surface area (Å²) in [5, 5.41) is 0. The fourth-order valence-electron chi connectivity index (χ4n) is 1.53. The van der Waals surface area contributed by atoms with Crippen molar-refractivity contribution >= 4 is 11.3 Å². The van der Waals surface area contributed by atoms with Crippen molar-refractivity contribution in [2.75, 3.05) is 14.2 Å². The van der Waals surface area contributed by atoms with Gasteiger partial charge in [0.05, 0.1) is 6.04 Å². The zero-order valence-corrected chi connectivity index (χ0v) is 10.8. The monoisotopic (exact) mass is 258 g/mol. The Morgan fingerprint density at radius 3 is 2.18 bits per heavy atom. The van der Waals surface area contributed by atoms with Crippen molar-refractivity contribution < 1.29 is 18.2 Å². The Morgan fingerprint density at radius 2 is 1.76 bits per heavy atom. The second-order valence-electron chi connectivity index (χ2n) is 3.58. The second-order valence-corrected chi connectivity index (χ2v) is 4.29. The zero-order chi connectivity index (χ0) is 12.8. The summed E-state index contributed by atoms with van der Waals surface area (Å²) in [5.41, 5.74) is 1.88. The molecule has 1 rings (SSSR count). The topological polar surface area (TPSA) is 70.6 Å². The van der Waals surface area contributed by atoms with Gasteiger partial charge in [0.1, 0.15) is 0 Å². The maximum Gasteiger partial charge on any atom is 0.177 e. The molecule has 17 heavy (non-hydrogen) atoms. The smallest absolute Gasteiger partial charge is 0.177 e. The number of hydrogen-bond acceptors (Lipinski definition) is 4. The zero-order valence-electron chi connectivity index (χ0n) is 10.0. The minimum Gasteiger partial charge on any atom is -0.760 e. The number of nitrogens with one attached hydrogen (secondary N) is 1. The van der Waals surface area contributed by atoms with Crippen LogP contribution in [0.3, 0.4) is 0 Å². The fourth-order valence-corrected chi connectivity index (χ4v) is 1.98. The summed E-state index contributed by atoms with van der Waals surface area (Å²) >= 11 is -2.39. The summed E-state index contributed by atoms with van der Waals surface area (Å²) in [5.74, 6) is 0. The average Bonchev–Trinajstić information content (AvgIpc) is 2.30. The highest BCUT2D eigenvalue weighted by molar-refractivity contribution is 7.77. The molecule has 0 aromatic heterocycles. The van der Waals surface area contributed by atoms with E-state index in [1.165, 1.54) is 14.2 Å². The van der Waals surface area contributed by atoms with E-state index in [1.807, 2.05) is 31.2 Å². The van der Waals surface area contributed by atoms with Gasteiger partial charge >= 0.3 is 0 Å². The molecule has 0 radical (unpaired) electrons. The van der Waals surface area contributed by atoms with Gasteiger partial charge in [-0.2, -0.15) is 0 Å². The van der Waals surface area contributed by atoms with E-state index in [-0.39, 0.29) is 0 Å². The normalized spacial score (nSPS) is 14.9. The van der Waals surface area contributed by atoms with Crippen LogP contribution in [-0.4, -0.2) is 29.3 Å². The lowest BCUT2D eigenvalue weighted by molar-refractivity contribution is -0.120. The van der Waals surface area contributed by atoms with Gasteiger partial charge in [0, 0.05) is 25.5 Å². The highest BCUT2D eigenvalue weighted by atomic mass is 32.2. The summed E-state index contributed by atoms with van der Waals surface area (Å²) in [6, 6.07) is 6.92. The Hall–Kier alpha value is -0.790. The summed E-state index contributed by atoms with van der Waals surface area (Å²) in [4.78, 5) is 0. The Kier molecular flexibility index (Phi) is 5.73. The van der Waals surface area contributed by atoms with Crippen LogP contribution < -0.4 is 4.72 Å². The second kappa shape index (κ2) is 6.83. The lowest BCUT2D eigenvalue weighted by Gasteiger charge is -2.27. The first-order valence-corrected chi connectivity index (χ1v) is 6.13. The van der Waals surface area contributed by atoms with Gasteiger partial charge in [-0.1, -0.05) is 29.8 Å². The summed E-state index contributed by atoms with van der Waals surface area (Å²) in [6.07, 6.45) is -0.671. The van der Waals surface area contributed by atoms with Crippen LogP contribution in [-0.2, 0) is 20.7 Å². The van der Waals surface area contributed by atoms with Gasteiger partial charge in [-0.25, -0.2) is 4.72 Å². The molecule has 0 spiro atoms. The number of benzene rings is 1. The molecule has 2 atom stereocenters. The molecule has 5 nitrogen and oxygen atoms in total. The van der Waals surface area contributed by atoms with Crippen molar-refractivity contribution in [2.45, 2.75) is 19.3 Å². The third-order valence-corrected chi connectivity index (χ3v) is 2.84. The van der Waals surface area contributed by atoms with Gasteiger partial charge in [0.2, 0.25) is 0 Å². The van der Waals surface area contributed by atoms with E-state index in [2.05, 4.69) is 4.72 Å². The van der Waals surface area contributed by atoms with Gasteiger partial charge in [-0.05, 0) is 12.5 Å². The van der Waals surface area contributed by atoms with Crippen LogP contribution in [0.25, 0.3) is 0 Å². The maximum atomic E-state index is 10.8. The largest absolute Gasteiger partial charge is 0.760 e. The van der Waals surface area contributed by atoms with Crippen molar-refractivity contribution in [3.8, 4) is 0 Å². The molecule has 0 aliphatic heterocycles. The van der Waals surface area contributed by atoms with Crippen LogP contribution >= 0.6 is 0 Å². The minimum absolute atomic E-state index is 0.566. The first-order valence-electron chi connectivity index (χ1n) is 5.06. The molecule has 0 heterocycles. The maximum absolute atomic E-state index is 10.8. The summed E-state index contributed by atoms with van der Waals surface area (Å²) in [6.45, 7) is 1.96. The molecule has 1 aromatic rings. The van der Waals surface area contributed by atoms with Crippen molar-refractivity contribution in [1.82, 2.24) is 4.72 Å². The third kappa shape index (κ3) is 4.18. The van der Waals surface area contributed by atoms with Gasteiger partial charge < -0.3 is 14.0 Å². The highest BCUT2D eigenvalue weighted by Gasteiger charge is 2.22. The number of ether oxygens (including phenoxy) is 2. The molecule has 0 aliphatic carbocycles. The van der Waals surface area contributed by atoms with Crippen molar-refractivity contribution in [2.24, 2.45) is 0 Å². The first-order chi connectivity index (χ1) is 8.08. The Balaban J connectivity index is 2.96. The van der Waals surface area contributed by atoms with Gasteiger partial charge in [0.25, 0.3) is 0 Å². The molecule has 2 unspecified atom stereocenters. The van der Waals surface area contributed by atoms with E-state index < -0.39 is 23.6 Å². The van der Waals surface area contributed by atoms with Crippen molar-refractivity contribution in [3.63, 3.8) is 0 Å².